The van der Waals surface area contributed by atoms with Gasteiger partial charge < -0.3 is 29.9 Å². The summed E-state index contributed by atoms with van der Waals surface area (Å²) in [6.45, 7) is 13.0. The number of carbonyl (C=O) groups excluding carboxylic acids is 3. The molecule has 1 aliphatic heterocycles. The minimum atomic E-state index is -0.832. The Morgan fingerprint density at radius 1 is 1.19 bits per heavy atom. The molecule has 3 N–H and O–H groups in total. The number of β-amino-alcohol motifs (C(OH)–C–C–N with tert-alkyl or cyclic N) is 1. The van der Waals surface area contributed by atoms with Gasteiger partial charge in [0.25, 0.3) is 0 Å². The van der Waals surface area contributed by atoms with E-state index in [1.165, 1.54) is 4.90 Å². The van der Waals surface area contributed by atoms with Gasteiger partial charge in [0.05, 0.1) is 34.8 Å². The van der Waals surface area contributed by atoms with Gasteiger partial charge in [-0.3, -0.25) is 9.59 Å². The zero-order valence-electron chi connectivity index (χ0n) is 25.7. The zero-order valence-corrected chi connectivity index (χ0v) is 26.5. The second-order valence-electron chi connectivity index (χ2n) is 12.3. The van der Waals surface area contributed by atoms with Crippen LogP contribution in [0.25, 0.3) is 10.4 Å². The molecule has 4 atom stereocenters. The summed E-state index contributed by atoms with van der Waals surface area (Å²) in [5, 5.41) is 20.2. The number of thiazole rings is 1. The monoisotopic (exact) mass is 611 g/mol. The van der Waals surface area contributed by atoms with E-state index in [0.717, 1.165) is 21.7 Å². The molecule has 1 saturated heterocycles. The number of aryl methyl sites for hydroxylation is 1. The topological polar surface area (TPSA) is 147 Å². The van der Waals surface area contributed by atoms with E-state index in [9.17, 15) is 19.5 Å². The standard InChI is InChI=1S/C31H41N5O6S/c1-17(2)26(25-12-22(35-42-25)14-32-30(40)41-31(5,6)7)29(39)36-15-23(37)13-24(36)28(38)34-18(3)20-8-10-21(11-9-20)27-19(4)33-16-43-27/h8-12,16-18,23-24,26,37H,13-15H2,1-7H3,(H,32,40)(H,34,38)/t18-,23+,24-,26?/m0/s1. The molecule has 3 heterocycles. The molecule has 12 heteroatoms. The van der Waals surface area contributed by atoms with Crippen LogP contribution < -0.4 is 10.6 Å². The SMILES string of the molecule is Cc1ncsc1-c1ccc([C@H](C)NC(=O)[C@@H]2C[C@@H](O)CN2C(=O)C(c2cc(CNC(=O)OC(C)(C)C)no2)C(C)C)cc1. The van der Waals surface area contributed by atoms with Gasteiger partial charge in [-0.05, 0) is 51.7 Å². The summed E-state index contributed by atoms with van der Waals surface area (Å²) in [5.41, 5.74) is 4.57. The molecule has 11 nitrogen and oxygen atoms in total. The van der Waals surface area contributed by atoms with Crippen molar-refractivity contribution in [2.24, 2.45) is 5.92 Å². The first-order valence-electron chi connectivity index (χ1n) is 14.4. The van der Waals surface area contributed by atoms with Crippen molar-refractivity contribution < 1.29 is 28.8 Å². The van der Waals surface area contributed by atoms with Crippen LogP contribution >= 0.6 is 11.3 Å². The van der Waals surface area contributed by atoms with Crippen LogP contribution in [-0.4, -0.2) is 62.3 Å². The molecule has 1 unspecified atom stereocenters. The fourth-order valence-electron chi connectivity index (χ4n) is 5.15. The van der Waals surface area contributed by atoms with E-state index in [1.807, 2.05) is 57.5 Å². The van der Waals surface area contributed by atoms with Crippen LogP contribution in [-0.2, 0) is 20.9 Å². The Balaban J connectivity index is 1.42. The fourth-order valence-corrected chi connectivity index (χ4v) is 5.96. The first kappa shape index (κ1) is 32.2. The predicted octanol–water partition coefficient (Wildman–Crippen LogP) is 4.71. The fraction of sp³-hybridized carbons (Fsp3) is 0.516. The van der Waals surface area contributed by atoms with Crippen molar-refractivity contribution in [2.75, 3.05) is 6.54 Å². The number of aromatic nitrogens is 2. The van der Waals surface area contributed by atoms with E-state index in [4.69, 9.17) is 9.26 Å². The first-order valence-corrected chi connectivity index (χ1v) is 15.3. The molecule has 0 radical (unpaired) electrons. The Kier molecular flexibility index (Phi) is 9.91. The number of hydrogen-bond acceptors (Lipinski definition) is 9. The molecule has 0 spiro atoms. The Hall–Kier alpha value is -3.77. The van der Waals surface area contributed by atoms with E-state index in [0.29, 0.717) is 11.5 Å². The molecular weight excluding hydrogens is 570 g/mol. The number of aliphatic hydroxyl groups is 1. The van der Waals surface area contributed by atoms with Crippen molar-refractivity contribution in [3.05, 3.63) is 58.6 Å². The van der Waals surface area contributed by atoms with Gasteiger partial charge in [-0.15, -0.1) is 11.3 Å². The molecule has 0 saturated carbocycles. The molecule has 2 aromatic heterocycles. The normalized spacial score (nSPS) is 18.4. The number of amides is 3. The molecule has 3 amide bonds. The van der Waals surface area contributed by atoms with Gasteiger partial charge in [0.15, 0.2) is 0 Å². The average Bonchev–Trinajstić information content (AvgIpc) is 3.66. The van der Waals surface area contributed by atoms with E-state index < -0.39 is 29.8 Å². The number of likely N-dealkylation sites (tertiary alicyclic amines) is 1. The third kappa shape index (κ3) is 7.99. The molecule has 232 valence electrons. The summed E-state index contributed by atoms with van der Waals surface area (Å²) in [5.74, 6) is -1.25. The number of nitrogens with one attached hydrogen (secondary N) is 2. The molecule has 3 aromatic rings. The Labute approximate surface area is 256 Å². The van der Waals surface area contributed by atoms with Gasteiger partial charge in [-0.1, -0.05) is 43.3 Å². The van der Waals surface area contributed by atoms with Gasteiger partial charge in [-0.25, -0.2) is 9.78 Å². The molecule has 1 fully saturated rings. The zero-order chi connectivity index (χ0) is 31.5. The van der Waals surface area contributed by atoms with E-state index in [1.54, 1.807) is 38.2 Å². The number of ether oxygens (including phenoxy) is 1. The Morgan fingerprint density at radius 2 is 1.88 bits per heavy atom. The van der Waals surface area contributed by atoms with Crippen LogP contribution in [0.1, 0.15) is 82.6 Å². The van der Waals surface area contributed by atoms with Gasteiger partial charge in [0.1, 0.15) is 29.0 Å². The lowest BCUT2D eigenvalue weighted by Gasteiger charge is -2.29. The molecule has 0 aliphatic carbocycles. The molecule has 1 aliphatic rings. The van der Waals surface area contributed by atoms with Gasteiger partial charge in [-0.2, -0.15) is 0 Å². The number of rotatable bonds is 9. The number of carbonyl (C=O) groups is 3. The molecule has 43 heavy (non-hydrogen) atoms. The largest absolute Gasteiger partial charge is 0.444 e. The summed E-state index contributed by atoms with van der Waals surface area (Å²) < 4.78 is 10.8. The smallest absolute Gasteiger partial charge is 0.407 e. The quantitative estimate of drug-likeness (QED) is 0.315. The van der Waals surface area contributed by atoms with Crippen molar-refractivity contribution in [1.29, 1.82) is 0 Å². The maximum absolute atomic E-state index is 13.9. The van der Waals surface area contributed by atoms with Gasteiger partial charge >= 0.3 is 6.09 Å². The molecule has 4 rings (SSSR count). The van der Waals surface area contributed by atoms with Crippen molar-refractivity contribution in [3.8, 4) is 10.4 Å². The summed E-state index contributed by atoms with van der Waals surface area (Å²) >= 11 is 1.58. The summed E-state index contributed by atoms with van der Waals surface area (Å²) in [4.78, 5) is 46.2. The first-order chi connectivity index (χ1) is 20.2. The highest BCUT2D eigenvalue weighted by atomic mass is 32.1. The van der Waals surface area contributed by atoms with E-state index in [-0.39, 0.29) is 43.3 Å². The summed E-state index contributed by atoms with van der Waals surface area (Å²) in [6.07, 6.45) is -1.28. The van der Waals surface area contributed by atoms with Crippen LogP contribution in [0.4, 0.5) is 4.79 Å². The number of nitrogens with zero attached hydrogens (tertiary/aromatic N) is 3. The van der Waals surface area contributed by atoms with Crippen LogP contribution in [0.3, 0.4) is 0 Å². The minimum absolute atomic E-state index is 0.0403. The average molecular weight is 612 g/mol. The lowest BCUT2D eigenvalue weighted by Crippen LogP contribution is -2.48. The second-order valence-corrected chi connectivity index (χ2v) is 13.2. The van der Waals surface area contributed by atoms with Crippen molar-refractivity contribution in [3.63, 3.8) is 0 Å². The Morgan fingerprint density at radius 3 is 2.49 bits per heavy atom. The highest BCUT2D eigenvalue weighted by Crippen LogP contribution is 2.32. The van der Waals surface area contributed by atoms with Crippen LogP contribution in [0.2, 0.25) is 0 Å². The van der Waals surface area contributed by atoms with E-state index in [2.05, 4.69) is 20.8 Å². The third-order valence-electron chi connectivity index (χ3n) is 7.27. The van der Waals surface area contributed by atoms with Crippen molar-refractivity contribution in [1.82, 2.24) is 25.7 Å². The van der Waals surface area contributed by atoms with Gasteiger partial charge in [0.2, 0.25) is 11.8 Å². The van der Waals surface area contributed by atoms with Crippen LogP contribution in [0.15, 0.2) is 40.4 Å². The highest BCUT2D eigenvalue weighted by Gasteiger charge is 2.43. The molecule has 0 bridgehead atoms. The maximum atomic E-state index is 13.9. The van der Waals surface area contributed by atoms with E-state index >= 15 is 0 Å². The summed E-state index contributed by atoms with van der Waals surface area (Å²) in [6, 6.07) is 8.45. The number of hydrogen-bond donors (Lipinski definition) is 3. The number of benzene rings is 1. The van der Waals surface area contributed by atoms with Gasteiger partial charge in [0, 0.05) is 19.0 Å². The highest BCUT2D eigenvalue weighted by molar-refractivity contribution is 7.13. The third-order valence-corrected chi connectivity index (χ3v) is 8.25. The summed E-state index contributed by atoms with van der Waals surface area (Å²) in [7, 11) is 0. The second kappa shape index (κ2) is 13.3. The van der Waals surface area contributed by atoms with Crippen LogP contribution in [0, 0.1) is 12.8 Å². The molecular formula is C31H41N5O6S. The Bertz CT molecular complexity index is 1430. The van der Waals surface area contributed by atoms with Crippen LogP contribution in [0.5, 0.6) is 0 Å². The van der Waals surface area contributed by atoms with Crippen molar-refractivity contribution >= 4 is 29.2 Å². The van der Waals surface area contributed by atoms with Crippen molar-refractivity contribution in [2.45, 2.75) is 91.1 Å². The molecule has 1 aromatic carbocycles. The minimum Gasteiger partial charge on any atom is -0.444 e. The number of aliphatic hydroxyl groups excluding tert-OH is 1. The lowest BCUT2D eigenvalue weighted by molar-refractivity contribution is -0.141. The number of alkyl carbamates (subject to hydrolysis) is 1. The maximum Gasteiger partial charge on any atom is 0.407 e. The predicted molar refractivity (Wildman–Crippen MR) is 162 cm³/mol. The lowest BCUT2D eigenvalue weighted by atomic mass is 9.91.